The summed E-state index contributed by atoms with van der Waals surface area (Å²) >= 11 is 0. The lowest BCUT2D eigenvalue weighted by molar-refractivity contribution is 0.0515. The van der Waals surface area contributed by atoms with Crippen LogP contribution in [0.5, 0.6) is 5.75 Å². The quantitative estimate of drug-likeness (QED) is 0.761. The maximum absolute atomic E-state index is 13.5. The number of carbonyl (C=O) groups is 1. The summed E-state index contributed by atoms with van der Waals surface area (Å²) in [7, 11) is 0. The largest absolute Gasteiger partial charge is 0.490 e. The van der Waals surface area contributed by atoms with E-state index in [1.807, 2.05) is 0 Å². The third kappa shape index (κ3) is 2.72. The van der Waals surface area contributed by atoms with Crippen molar-refractivity contribution in [1.29, 1.82) is 0 Å². The third-order valence-corrected chi connectivity index (χ3v) is 2.32. The molecule has 0 heterocycles. The normalized spacial score (nSPS) is 14.5. The topological polar surface area (TPSA) is 35.5 Å². The highest BCUT2D eigenvalue weighted by Gasteiger charge is 2.26. The molecule has 1 aromatic rings. The van der Waals surface area contributed by atoms with Crippen LogP contribution in [-0.2, 0) is 4.74 Å². The van der Waals surface area contributed by atoms with Crippen LogP contribution in [0, 0.1) is 11.6 Å². The fourth-order valence-electron chi connectivity index (χ4n) is 1.39. The maximum Gasteiger partial charge on any atom is 0.344 e. The minimum atomic E-state index is -1.000. The Bertz CT molecular complexity index is 418. The molecule has 2 rings (SSSR count). The number of ether oxygens (including phenoxy) is 2. The van der Waals surface area contributed by atoms with Gasteiger partial charge in [-0.25, -0.2) is 13.6 Å². The van der Waals surface area contributed by atoms with Crippen LogP contribution >= 0.6 is 0 Å². The Labute approximate surface area is 97.3 Å². The van der Waals surface area contributed by atoms with Crippen LogP contribution < -0.4 is 4.74 Å². The van der Waals surface area contributed by atoms with E-state index in [9.17, 15) is 13.6 Å². The van der Waals surface area contributed by atoms with Crippen molar-refractivity contribution in [3.63, 3.8) is 0 Å². The Morgan fingerprint density at radius 3 is 2.41 bits per heavy atom. The van der Waals surface area contributed by atoms with Crippen molar-refractivity contribution in [2.45, 2.75) is 25.9 Å². The van der Waals surface area contributed by atoms with Gasteiger partial charge in [0, 0.05) is 12.1 Å². The third-order valence-electron chi connectivity index (χ3n) is 2.32. The van der Waals surface area contributed by atoms with Crippen LogP contribution in [0.2, 0.25) is 0 Å². The summed E-state index contributed by atoms with van der Waals surface area (Å²) in [5.41, 5.74) is -0.671. The molecule has 1 aromatic carbocycles. The minimum absolute atomic E-state index is 0.0437. The standard InChI is InChI=1S/C12H12F2O3/c1-2-16-12(15)11-9(13)5-8(6-10(11)14)17-7-3-4-7/h5-7H,2-4H2,1H3. The van der Waals surface area contributed by atoms with E-state index in [4.69, 9.17) is 4.74 Å². The van der Waals surface area contributed by atoms with E-state index in [0.29, 0.717) is 0 Å². The zero-order valence-electron chi connectivity index (χ0n) is 9.33. The lowest BCUT2D eigenvalue weighted by Crippen LogP contribution is -2.10. The van der Waals surface area contributed by atoms with Gasteiger partial charge in [-0.3, -0.25) is 0 Å². The molecule has 0 radical (unpaired) electrons. The second-order valence-electron chi connectivity index (χ2n) is 3.80. The molecule has 1 aliphatic rings. The molecule has 1 fully saturated rings. The van der Waals surface area contributed by atoms with Gasteiger partial charge in [0.15, 0.2) is 0 Å². The van der Waals surface area contributed by atoms with E-state index in [1.165, 1.54) is 0 Å². The summed E-state index contributed by atoms with van der Waals surface area (Å²) in [4.78, 5) is 11.3. The van der Waals surface area contributed by atoms with Crippen molar-refractivity contribution in [1.82, 2.24) is 0 Å². The summed E-state index contributed by atoms with van der Waals surface area (Å²) < 4.78 is 36.9. The second-order valence-corrected chi connectivity index (χ2v) is 3.80. The van der Waals surface area contributed by atoms with Crippen LogP contribution in [0.15, 0.2) is 12.1 Å². The van der Waals surface area contributed by atoms with Crippen LogP contribution in [0.1, 0.15) is 30.1 Å². The first kappa shape index (κ1) is 11.8. The Morgan fingerprint density at radius 1 is 1.35 bits per heavy atom. The highest BCUT2D eigenvalue weighted by atomic mass is 19.1. The number of halogens is 2. The average Bonchev–Trinajstić information content (AvgIpc) is 3.00. The molecule has 1 saturated carbocycles. The van der Waals surface area contributed by atoms with E-state index in [2.05, 4.69) is 4.74 Å². The van der Waals surface area contributed by atoms with Gasteiger partial charge in [0.1, 0.15) is 22.9 Å². The summed E-state index contributed by atoms with van der Waals surface area (Å²) in [5, 5.41) is 0. The highest BCUT2D eigenvalue weighted by molar-refractivity contribution is 5.90. The lowest BCUT2D eigenvalue weighted by atomic mass is 10.2. The zero-order chi connectivity index (χ0) is 12.4. The minimum Gasteiger partial charge on any atom is -0.490 e. The van der Waals surface area contributed by atoms with Crippen molar-refractivity contribution >= 4 is 5.97 Å². The van der Waals surface area contributed by atoms with Gasteiger partial charge in [-0.05, 0) is 19.8 Å². The predicted octanol–water partition coefficient (Wildman–Crippen LogP) is 2.68. The number of hydrogen-bond donors (Lipinski definition) is 0. The van der Waals surface area contributed by atoms with E-state index < -0.39 is 23.2 Å². The fourth-order valence-corrected chi connectivity index (χ4v) is 1.39. The lowest BCUT2D eigenvalue weighted by Gasteiger charge is -2.08. The van der Waals surface area contributed by atoms with Gasteiger partial charge < -0.3 is 9.47 Å². The Hall–Kier alpha value is -1.65. The summed E-state index contributed by atoms with van der Waals surface area (Å²) in [6.45, 7) is 1.64. The highest BCUT2D eigenvalue weighted by Crippen LogP contribution is 2.29. The number of esters is 1. The molecule has 92 valence electrons. The Morgan fingerprint density at radius 2 is 1.94 bits per heavy atom. The van der Waals surface area contributed by atoms with Crippen LogP contribution in [-0.4, -0.2) is 18.7 Å². The molecular formula is C12H12F2O3. The molecule has 0 aromatic heterocycles. The first-order chi connectivity index (χ1) is 8.11. The first-order valence-electron chi connectivity index (χ1n) is 5.44. The van der Waals surface area contributed by atoms with Gasteiger partial charge in [-0.15, -0.1) is 0 Å². The fraction of sp³-hybridized carbons (Fsp3) is 0.417. The van der Waals surface area contributed by atoms with Gasteiger partial charge in [0.05, 0.1) is 12.7 Å². The molecule has 17 heavy (non-hydrogen) atoms. The van der Waals surface area contributed by atoms with Crippen LogP contribution in [0.4, 0.5) is 8.78 Å². The molecular weight excluding hydrogens is 230 g/mol. The van der Waals surface area contributed by atoms with Gasteiger partial charge in [-0.1, -0.05) is 0 Å². The van der Waals surface area contributed by atoms with E-state index in [0.717, 1.165) is 25.0 Å². The molecule has 5 heteroatoms. The molecule has 0 unspecified atom stereocenters. The van der Waals surface area contributed by atoms with Crippen LogP contribution in [0.3, 0.4) is 0 Å². The molecule has 3 nitrogen and oxygen atoms in total. The molecule has 1 aliphatic carbocycles. The Balaban J connectivity index is 2.24. The van der Waals surface area contributed by atoms with Crippen molar-refractivity contribution in [3.8, 4) is 5.75 Å². The monoisotopic (exact) mass is 242 g/mol. The Kier molecular flexibility index (Phi) is 3.26. The SMILES string of the molecule is CCOC(=O)c1c(F)cc(OC2CC2)cc1F. The van der Waals surface area contributed by atoms with Crippen molar-refractivity contribution in [3.05, 3.63) is 29.3 Å². The van der Waals surface area contributed by atoms with Gasteiger partial charge in [0.25, 0.3) is 0 Å². The molecule has 0 N–H and O–H groups in total. The molecule has 0 atom stereocenters. The number of rotatable bonds is 4. The smallest absolute Gasteiger partial charge is 0.344 e. The molecule has 0 spiro atoms. The van der Waals surface area contributed by atoms with E-state index in [1.54, 1.807) is 6.92 Å². The van der Waals surface area contributed by atoms with Crippen molar-refractivity contribution in [2.24, 2.45) is 0 Å². The summed E-state index contributed by atoms with van der Waals surface area (Å²) in [6.07, 6.45) is 1.83. The average molecular weight is 242 g/mol. The number of hydrogen-bond acceptors (Lipinski definition) is 3. The predicted molar refractivity (Wildman–Crippen MR) is 56.0 cm³/mol. The second kappa shape index (κ2) is 4.69. The molecule has 0 amide bonds. The molecule has 0 bridgehead atoms. The van der Waals surface area contributed by atoms with E-state index in [-0.39, 0.29) is 18.5 Å². The van der Waals surface area contributed by atoms with Gasteiger partial charge in [0.2, 0.25) is 0 Å². The summed E-state index contributed by atoms with van der Waals surface area (Å²) in [5.74, 6) is -2.81. The van der Waals surface area contributed by atoms with E-state index >= 15 is 0 Å². The van der Waals surface area contributed by atoms with Crippen LogP contribution in [0.25, 0.3) is 0 Å². The van der Waals surface area contributed by atoms with Gasteiger partial charge in [-0.2, -0.15) is 0 Å². The van der Waals surface area contributed by atoms with Gasteiger partial charge >= 0.3 is 5.97 Å². The zero-order valence-corrected chi connectivity index (χ0v) is 9.33. The molecule has 0 aliphatic heterocycles. The maximum atomic E-state index is 13.5. The first-order valence-corrected chi connectivity index (χ1v) is 5.44. The van der Waals surface area contributed by atoms with Crippen molar-refractivity contribution in [2.75, 3.05) is 6.61 Å². The van der Waals surface area contributed by atoms with Crippen molar-refractivity contribution < 1.29 is 23.0 Å². The summed E-state index contributed by atoms with van der Waals surface area (Å²) in [6, 6.07) is 2.02. The number of benzene rings is 1. The molecule has 0 saturated heterocycles. The number of carbonyl (C=O) groups excluding carboxylic acids is 1.